The van der Waals surface area contributed by atoms with Crippen molar-refractivity contribution < 1.29 is 14.6 Å². The third-order valence-electron chi connectivity index (χ3n) is 2.60. The largest absolute Gasteiger partial charge is 0.493 e. The Labute approximate surface area is 109 Å². The first-order valence-electron chi connectivity index (χ1n) is 6.15. The van der Waals surface area contributed by atoms with Gasteiger partial charge < -0.3 is 14.6 Å². The average molecular weight is 250 g/mol. The van der Waals surface area contributed by atoms with Crippen molar-refractivity contribution >= 4 is 6.08 Å². The number of hydrogen-bond donors (Lipinski definition) is 1. The van der Waals surface area contributed by atoms with Gasteiger partial charge in [0.15, 0.2) is 11.5 Å². The molecule has 0 bridgehead atoms. The molecule has 1 aromatic rings. The summed E-state index contributed by atoms with van der Waals surface area (Å²) >= 11 is 0. The standard InChI is InChI=1S/C15H22O3/c1-10(2)18-14-7-6-13(9-15(14)17-5)8-11(3)12(4)16/h6-10,12,16H,1-5H3/b11-8-. The van der Waals surface area contributed by atoms with Gasteiger partial charge >= 0.3 is 0 Å². The molecule has 18 heavy (non-hydrogen) atoms. The molecule has 0 heterocycles. The highest BCUT2D eigenvalue weighted by molar-refractivity contribution is 5.58. The quantitative estimate of drug-likeness (QED) is 0.871. The normalized spacial score (nSPS) is 13.6. The molecule has 0 saturated carbocycles. The third kappa shape index (κ3) is 4.08. The molecule has 3 heteroatoms. The van der Waals surface area contributed by atoms with Crippen molar-refractivity contribution in [1.29, 1.82) is 0 Å². The topological polar surface area (TPSA) is 38.7 Å². The molecule has 0 fully saturated rings. The fraction of sp³-hybridized carbons (Fsp3) is 0.467. The van der Waals surface area contributed by atoms with Crippen molar-refractivity contribution in [3.05, 3.63) is 29.3 Å². The van der Waals surface area contributed by atoms with Gasteiger partial charge in [-0.05, 0) is 51.0 Å². The molecule has 1 atom stereocenters. The van der Waals surface area contributed by atoms with E-state index in [9.17, 15) is 5.11 Å². The fourth-order valence-electron chi connectivity index (χ4n) is 1.51. The maximum absolute atomic E-state index is 9.46. The Kier molecular flexibility index (Phi) is 5.23. The van der Waals surface area contributed by atoms with E-state index in [0.717, 1.165) is 16.9 Å². The molecule has 0 spiro atoms. The van der Waals surface area contributed by atoms with E-state index < -0.39 is 6.10 Å². The summed E-state index contributed by atoms with van der Waals surface area (Å²) in [5.41, 5.74) is 1.90. The summed E-state index contributed by atoms with van der Waals surface area (Å²) in [4.78, 5) is 0. The average Bonchev–Trinajstić information content (AvgIpc) is 2.30. The second-order valence-corrected chi connectivity index (χ2v) is 4.64. The van der Waals surface area contributed by atoms with E-state index in [1.165, 1.54) is 0 Å². The minimum absolute atomic E-state index is 0.111. The van der Waals surface area contributed by atoms with Crippen LogP contribution in [-0.4, -0.2) is 24.4 Å². The van der Waals surface area contributed by atoms with Gasteiger partial charge in [0.2, 0.25) is 0 Å². The SMILES string of the molecule is COc1cc(/C=C(/C)C(C)O)ccc1OC(C)C. The van der Waals surface area contributed by atoms with Crippen molar-refractivity contribution in [3.63, 3.8) is 0 Å². The van der Waals surface area contributed by atoms with Crippen LogP contribution in [-0.2, 0) is 0 Å². The van der Waals surface area contributed by atoms with Crippen molar-refractivity contribution in [2.45, 2.75) is 39.9 Å². The van der Waals surface area contributed by atoms with Crippen LogP contribution in [0.3, 0.4) is 0 Å². The molecule has 0 radical (unpaired) electrons. The van der Waals surface area contributed by atoms with Crippen molar-refractivity contribution in [2.24, 2.45) is 0 Å². The van der Waals surface area contributed by atoms with Gasteiger partial charge in [-0.25, -0.2) is 0 Å². The lowest BCUT2D eigenvalue weighted by atomic mass is 10.1. The number of aliphatic hydroxyl groups is 1. The van der Waals surface area contributed by atoms with Crippen LogP contribution in [0.2, 0.25) is 0 Å². The molecule has 3 nitrogen and oxygen atoms in total. The van der Waals surface area contributed by atoms with Gasteiger partial charge in [-0.3, -0.25) is 0 Å². The van der Waals surface area contributed by atoms with Crippen LogP contribution < -0.4 is 9.47 Å². The summed E-state index contributed by atoms with van der Waals surface area (Å²) in [7, 11) is 1.62. The van der Waals surface area contributed by atoms with E-state index in [-0.39, 0.29) is 6.10 Å². The van der Waals surface area contributed by atoms with E-state index in [4.69, 9.17) is 9.47 Å². The summed E-state index contributed by atoms with van der Waals surface area (Å²) in [5, 5.41) is 9.46. The molecular weight excluding hydrogens is 228 g/mol. The Morgan fingerprint density at radius 1 is 1.22 bits per heavy atom. The minimum Gasteiger partial charge on any atom is -0.493 e. The van der Waals surface area contributed by atoms with Gasteiger partial charge in [-0.15, -0.1) is 0 Å². The van der Waals surface area contributed by atoms with Gasteiger partial charge in [0.1, 0.15) is 0 Å². The molecule has 0 aliphatic carbocycles. The van der Waals surface area contributed by atoms with Crippen LogP contribution in [0, 0.1) is 0 Å². The Hall–Kier alpha value is -1.48. The van der Waals surface area contributed by atoms with Gasteiger partial charge in [0.05, 0.1) is 19.3 Å². The molecule has 0 aliphatic heterocycles. The smallest absolute Gasteiger partial charge is 0.161 e. The Bertz CT molecular complexity index is 420. The maximum atomic E-state index is 9.46. The molecule has 100 valence electrons. The predicted molar refractivity (Wildman–Crippen MR) is 74.1 cm³/mol. The lowest BCUT2D eigenvalue weighted by Gasteiger charge is -2.14. The molecule has 0 saturated heterocycles. The molecular formula is C15H22O3. The molecule has 0 aliphatic rings. The summed E-state index contributed by atoms with van der Waals surface area (Å²) in [6.45, 7) is 7.60. The van der Waals surface area contributed by atoms with E-state index in [0.29, 0.717) is 5.75 Å². The summed E-state index contributed by atoms with van der Waals surface area (Å²) in [6.07, 6.45) is 1.61. The van der Waals surface area contributed by atoms with Crippen LogP contribution in [0.15, 0.2) is 23.8 Å². The zero-order chi connectivity index (χ0) is 13.7. The molecule has 1 aromatic carbocycles. The summed E-state index contributed by atoms with van der Waals surface area (Å²) in [5.74, 6) is 1.44. The number of benzene rings is 1. The van der Waals surface area contributed by atoms with Gasteiger partial charge in [0, 0.05) is 0 Å². The van der Waals surface area contributed by atoms with Gasteiger partial charge in [-0.1, -0.05) is 12.1 Å². The second-order valence-electron chi connectivity index (χ2n) is 4.64. The Balaban J connectivity index is 3.02. The summed E-state index contributed by atoms with van der Waals surface area (Å²) in [6, 6.07) is 5.75. The zero-order valence-electron chi connectivity index (χ0n) is 11.7. The number of methoxy groups -OCH3 is 1. The molecule has 0 aromatic heterocycles. The Morgan fingerprint density at radius 3 is 2.39 bits per heavy atom. The lowest BCUT2D eigenvalue weighted by molar-refractivity contribution is 0.230. The Morgan fingerprint density at radius 2 is 1.89 bits per heavy atom. The molecule has 1 N–H and O–H groups in total. The molecule has 0 amide bonds. The van der Waals surface area contributed by atoms with Crippen molar-refractivity contribution in [1.82, 2.24) is 0 Å². The molecule has 1 unspecified atom stereocenters. The van der Waals surface area contributed by atoms with Crippen LogP contribution in [0.25, 0.3) is 6.08 Å². The van der Waals surface area contributed by atoms with Crippen LogP contribution in [0.4, 0.5) is 0 Å². The van der Waals surface area contributed by atoms with E-state index in [2.05, 4.69) is 0 Å². The fourth-order valence-corrected chi connectivity index (χ4v) is 1.51. The highest BCUT2D eigenvalue weighted by Crippen LogP contribution is 2.29. The number of rotatable bonds is 5. The summed E-state index contributed by atoms with van der Waals surface area (Å²) < 4.78 is 11.0. The van der Waals surface area contributed by atoms with Gasteiger partial charge in [0.25, 0.3) is 0 Å². The first-order valence-corrected chi connectivity index (χ1v) is 6.15. The number of aliphatic hydroxyl groups excluding tert-OH is 1. The highest BCUT2D eigenvalue weighted by atomic mass is 16.5. The van der Waals surface area contributed by atoms with E-state index in [1.807, 2.05) is 45.0 Å². The number of hydrogen-bond acceptors (Lipinski definition) is 3. The number of ether oxygens (including phenoxy) is 2. The van der Waals surface area contributed by atoms with Crippen molar-refractivity contribution in [2.75, 3.05) is 7.11 Å². The minimum atomic E-state index is -0.442. The van der Waals surface area contributed by atoms with Crippen LogP contribution in [0.5, 0.6) is 11.5 Å². The highest BCUT2D eigenvalue weighted by Gasteiger charge is 2.07. The van der Waals surface area contributed by atoms with Crippen LogP contribution >= 0.6 is 0 Å². The first kappa shape index (κ1) is 14.6. The monoisotopic (exact) mass is 250 g/mol. The van der Waals surface area contributed by atoms with Crippen molar-refractivity contribution in [3.8, 4) is 11.5 Å². The van der Waals surface area contributed by atoms with Gasteiger partial charge in [-0.2, -0.15) is 0 Å². The van der Waals surface area contributed by atoms with E-state index in [1.54, 1.807) is 14.0 Å². The second kappa shape index (κ2) is 6.45. The lowest BCUT2D eigenvalue weighted by Crippen LogP contribution is -2.06. The third-order valence-corrected chi connectivity index (χ3v) is 2.60. The van der Waals surface area contributed by atoms with Crippen LogP contribution in [0.1, 0.15) is 33.3 Å². The maximum Gasteiger partial charge on any atom is 0.161 e. The zero-order valence-corrected chi connectivity index (χ0v) is 11.7. The first-order chi connectivity index (χ1) is 8.43. The van der Waals surface area contributed by atoms with E-state index >= 15 is 0 Å². The predicted octanol–water partition coefficient (Wildman–Crippen LogP) is 3.27. The molecule has 1 rings (SSSR count).